The second-order valence-electron chi connectivity index (χ2n) is 5.61. The van der Waals surface area contributed by atoms with Crippen molar-refractivity contribution in [2.24, 2.45) is 5.92 Å². The molecule has 0 amide bonds. The van der Waals surface area contributed by atoms with Crippen LogP contribution in [0.1, 0.15) is 19.4 Å². The van der Waals surface area contributed by atoms with Crippen molar-refractivity contribution in [1.82, 2.24) is 0 Å². The summed E-state index contributed by atoms with van der Waals surface area (Å²) < 4.78 is 24.6. The van der Waals surface area contributed by atoms with E-state index in [1.807, 2.05) is 36.4 Å². The van der Waals surface area contributed by atoms with E-state index in [1.54, 1.807) is 18.2 Å². The Morgan fingerprint density at radius 2 is 1.74 bits per heavy atom. The van der Waals surface area contributed by atoms with Crippen LogP contribution in [0.4, 0.5) is 0 Å². The lowest BCUT2D eigenvalue weighted by atomic mass is 10.0. The summed E-state index contributed by atoms with van der Waals surface area (Å²) in [4.78, 5) is 0. The molecule has 0 aromatic heterocycles. The van der Waals surface area contributed by atoms with Crippen LogP contribution >= 0.6 is 7.60 Å². The van der Waals surface area contributed by atoms with Crippen molar-refractivity contribution in [1.29, 1.82) is 0 Å². The molecule has 1 atom stereocenters. The Kier molecular flexibility index (Phi) is 6.04. The number of rotatable bonds is 7. The van der Waals surface area contributed by atoms with Crippen molar-refractivity contribution in [3.05, 3.63) is 60.2 Å². The average Bonchev–Trinajstić information content (AvgIpc) is 2.54. The van der Waals surface area contributed by atoms with Gasteiger partial charge in [0.15, 0.2) is 0 Å². The van der Waals surface area contributed by atoms with E-state index in [0.717, 1.165) is 12.0 Å². The Morgan fingerprint density at radius 3 is 2.39 bits per heavy atom. The Morgan fingerprint density at radius 1 is 1.09 bits per heavy atom. The summed E-state index contributed by atoms with van der Waals surface area (Å²) in [5.74, 6) is 3.28. The first-order valence-corrected chi connectivity index (χ1v) is 9.10. The van der Waals surface area contributed by atoms with Gasteiger partial charge in [-0.25, -0.2) is 4.57 Å². The quantitative estimate of drug-likeness (QED) is 0.557. The van der Waals surface area contributed by atoms with Crippen LogP contribution in [-0.4, -0.2) is 6.61 Å². The molecule has 0 aliphatic carbocycles. The van der Waals surface area contributed by atoms with E-state index >= 15 is 0 Å². The minimum absolute atomic E-state index is 0.0693. The Balaban J connectivity index is 2.42. The van der Waals surface area contributed by atoms with Gasteiger partial charge in [0.25, 0.3) is 0 Å². The van der Waals surface area contributed by atoms with Crippen LogP contribution in [0.2, 0.25) is 0 Å². The van der Waals surface area contributed by atoms with Crippen LogP contribution in [0, 0.1) is 18.3 Å². The SMILES string of the molecule is C#CCOP(=O)(Oc1ccccc1)c1ccccc1CC(C)C. The first-order valence-electron chi connectivity index (χ1n) is 7.56. The van der Waals surface area contributed by atoms with Gasteiger partial charge in [-0.05, 0) is 36.1 Å². The lowest BCUT2D eigenvalue weighted by molar-refractivity contribution is 0.308. The second kappa shape index (κ2) is 8.02. The van der Waals surface area contributed by atoms with Gasteiger partial charge in [-0.1, -0.05) is 56.2 Å². The number of para-hydroxylation sites is 1. The summed E-state index contributed by atoms with van der Waals surface area (Å²) in [6, 6.07) is 16.5. The number of benzene rings is 2. The molecule has 3 nitrogen and oxygen atoms in total. The third-order valence-electron chi connectivity index (χ3n) is 3.20. The average molecular weight is 328 g/mol. The molecule has 0 fully saturated rings. The van der Waals surface area contributed by atoms with Crippen molar-refractivity contribution >= 4 is 12.9 Å². The van der Waals surface area contributed by atoms with Gasteiger partial charge in [-0.2, -0.15) is 0 Å². The van der Waals surface area contributed by atoms with E-state index in [0.29, 0.717) is 17.0 Å². The highest BCUT2D eigenvalue weighted by atomic mass is 31.2. The van der Waals surface area contributed by atoms with Gasteiger partial charge in [0, 0.05) is 0 Å². The molecule has 2 aromatic carbocycles. The van der Waals surface area contributed by atoms with E-state index in [-0.39, 0.29) is 6.61 Å². The summed E-state index contributed by atoms with van der Waals surface area (Å²) in [5, 5.41) is 0.577. The van der Waals surface area contributed by atoms with Gasteiger partial charge in [0.2, 0.25) is 0 Å². The monoisotopic (exact) mass is 328 g/mol. The van der Waals surface area contributed by atoms with E-state index in [4.69, 9.17) is 15.5 Å². The van der Waals surface area contributed by atoms with Crippen LogP contribution in [-0.2, 0) is 15.5 Å². The molecule has 0 bridgehead atoms. The fourth-order valence-electron chi connectivity index (χ4n) is 2.28. The summed E-state index contributed by atoms with van der Waals surface area (Å²) in [6.07, 6.45) is 6.06. The maximum absolute atomic E-state index is 13.4. The fraction of sp³-hybridized carbons (Fsp3) is 0.263. The first-order chi connectivity index (χ1) is 11.0. The number of terminal acetylenes is 1. The normalized spacial score (nSPS) is 13.3. The predicted molar refractivity (Wildman–Crippen MR) is 94.1 cm³/mol. The molecule has 4 heteroatoms. The molecule has 2 rings (SSSR count). The highest BCUT2D eigenvalue weighted by Gasteiger charge is 2.31. The maximum Gasteiger partial charge on any atom is 0.411 e. The minimum atomic E-state index is -3.55. The molecule has 0 saturated heterocycles. The Bertz CT molecular complexity index is 717. The second-order valence-corrected chi connectivity index (χ2v) is 7.52. The Labute approximate surface area is 138 Å². The van der Waals surface area contributed by atoms with Crippen LogP contribution in [0.5, 0.6) is 5.75 Å². The van der Waals surface area contributed by atoms with Crippen molar-refractivity contribution in [2.45, 2.75) is 20.3 Å². The standard InChI is InChI=1S/C19H21O3P/c1-4-14-21-23(20,22-18-11-6-5-7-12-18)19-13-9-8-10-17(19)15-16(2)3/h1,5-13,16H,14-15H2,2-3H3. The first kappa shape index (κ1) is 17.3. The van der Waals surface area contributed by atoms with E-state index in [1.165, 1.54) is 0 Å². The zero-order valence-corrected chi connectivity index (χ0v) is 14.3. The van der Waals surface area contributed by atoms with Gasteiger partial charge in [-0.15, -0.1) is 6.42 Å². The zero-order chi connectivity index (χ0) is 16.7. The van der Waals surface area contributed by atoms with Gasteiger partial charge in [-0.3, -0.25) is 4.52 Å². The molecule has 0 aliphatic heterocycles. The molecule has 23 heavy (non-hydrogen) atoms. The van der Waals surface area contributed by atoms with E-state index in [9.17, 15) is 4.57 Å². The highest BCUT2D eigenvalue weighted by Crippen LogP contribution is 2.48. The largest absolute Gasteiger partial charge is 0.421 e. The molecule has 0 N–H and O–H groups in total. The van der Waals surface area contributed by atoms with E-state index in [2.05, 4.69) is 19.8 Å². The summed E-state index contributed by atoms with van der Waals surface area (Å²) in [7, 11) is -3.55. The van der Waals surface area contributed by atoms with Crippen molar-refractivity contribution in [3.8, 4) is 18.1 Å². The molecule has 2 aromatic rings. The van der Waals surface area contributed by atoms with Crippen molar-refractivity contribution in [3.63, 3.8) is 0 Å². The van der Waals surface area contributed by atoms with Gasteiger partial charge >= 0.3 is 7.60 Å². The molecular formula is C19H21O3P. The minimum Gasteiger partial charge on any atom is -0.421 e. The van der Waals surface area contributed by atoms with Crippen LogP contribution in [0.3, 0.4) is 0 Å². The smallest absolute Gasteiger partial charge is 0.411 e. The molecule has 0 radical (unpaired) electrons. The summed E-state index contributed by atoms with van der Waals surface area (Å²) in [5.41, 5.74) is 0.957. The topological polar surface area (TPSA) is 35.5 Å². The van der Waals surface area contributed by atoms with Gasteiger partial charge in [0.1, 0.15) is 12.4 Å². The zero-order valence-electron chi connectivity index (χ0n) is 13.4. The predicted octanol–water partition coefficient (Wildman–Crippen LogP) is 4.43. The van der Waals surface area contributed by atoms with Crippen LogP contribution in [0.25, 0.3) is 0 Å². The van der Waals surface area contributed by atoms with Crippen molar-refractivity contribution < 1.29 is 13.6 Å². The number of hydrogen-bond donors (Lipinski definition) is 0. The van der Waals surface area contributed by atoms with Gasteiger partial charge in [0.05, 0.1) is 5.30 Å². The molecular weight excluding hydrogens is 307 g/mol. The third kappa shape index (κ3) is 4.73. The van der Waals surface area contributed by atoms with Crippen LogP contribution in [0.15, 0.2) is 54.6 Å². The molecule has 0 saturated carbocycles. The third-order valence-corrected chi connectivity index (χ3v) is 5.15. The maximum atomic E-state index is 13.4. The molecule has 0 heterocycles. The van der Waals surface area contributed by atoms with E-state index < -0.39 is 7.60 Å². The van der Waals surface area contributed by atoms with Crippen molar-refractivity contribution in [2.75, 3.05) is 6.61 Å². The molecule has 0 aliphatic rings. The molecule has 0 spiro atoms. The molecule has 120 valence electrons. The molecule has 1 unspecified atom stereocenters. The highest BCUT2D eigenvalue weighted by molar-refractivity contribution is 7.62. The lowest BCUT2D eigenvalue weighted by Crippen LogP contribution is -2.18. The fourth-order valence-corrected chi connectivity index (χ4v) is 4.00. The summed E-state index contributed by atoms with van der Waals surface area (Å²) in [6.45, 7) is 4.16. The number of hydrogen-bond acceptors (Lipinski definition) is 3. The van der Waals surface area contributed by atoms with Crippen LogP contribution < -0.4 is 9.83 Å². The summed E-state index contributed by atoms with van der Waals surface area (Å²) >= 11 is 0. The van der Waals surface area contributed by atoms with Gasteiger partial charge < -0.3 is 4.52 Å². The lowest BCUT2D eigenvalue weighted by Gasteiger charge is -2.21. The Hall–Kier alpha value is -2.01.